The van der Waals surface area contributed by atoms with Crippen molar-refractivity contribution in [2.45, 2.75) is 19.3 Å². The van der Waals surface area contributed by atoms with Crippen LogP contribution in [0.4, 0.5) is 18.9 Å². The zero-order chi connectivity index (χ0) is 15.5. The lowest BCUT2D eigenvalue weighted by molar-refractivity contribution is -0.137. The van der Waals surface area contributed by atoms with Gasteiger partial charge in [-0.15, -0.1) is 0 Å². The quantitative estimate of drug-likeness (QED) is 0.873. The number of hydrogen-bond acceptors (Lipinski definition) is 2. The molecule has 112 valence electrons. The van der Waals surface area contributed by atoms with E-state index in [0.29, 0.717) is 16.8 Å². The van der Waals surface area contributed by atoms with Gasteiger partial charge in [-0.2, -0.15) is 13.2 Å². The van der Waals surface area contributed by atoms with Gasteiger partial charge in [0.1, 0.15) is 0 Å². The van der Waals surface area contributed by atoms with Crippen molar-refractivity contribution in [3.8, 4) is 0 Å². The van der Waals surface area contributed by atoms with Crippen LogP contribution in [-0.4, -0.2) is 5.11 Å². The van der Waals surface area contributed by atoms with Crippen LogP contribution in [0.5, 0.6) is 0 Å². The Morgan fingerprint density at radius 2 is 1.81 bits per heavy atom. The molecule has 0 aromatic heterocycles. The number of hydrogen-bond donors (Lipinski definition) is 2. The van der Waals surface area contributed by atoms with Crippen molar-refractivity contribution in [3.05, 3.63) is 64.2 Å². The van der Waals surface area contributed by atoms with Gasteiger partial charge in [-0.1, -0.05) is 35.9 Å². The fourth-order valence-corrected chi connectivity index (χ4v) is 2.15. The zero-order valence-electron chi connectivity index (χ0n) is 10.9. The highest BCUT2D eigenvalue weighted by Crippen LogP contribution is 2.35. The van der Waals surface area contributed by atoms with E-state index in [2.05, 4.69) is 5.32 Å². The van der Waals surface area contributed by atoms with Gasteiger partial charge in [0.15, 0.2) is 0 Å². The topological polar surface area (TPSA) is 32.3 Å². The minimum Gasteiger partial charge on any atom is -0.392 e. The van der Waals surface area contributed by atoms with Crippen LogP contribution < -0.4 is 5.32 Å². The van der Waals surface area contributed by atoms with E-state index in [0.717, 1.165) is 6.07 Å². The van der Waals surface area contributed by atoms with E-state index in [4.69, 9.17) is 11.6 Å². The second-order valence-electron chi connectivity index (χ2n) is 4.48. The molecule has 21 heavy (non-hydrogen) atoms. The second-order valence-corrected chi connectivity index (χ2v) is 4.89. The average molecular weight is 316 g/mol. The number of benzene rings is 2. The highest BCUT2D eigenvalue weighted by molar-refractivity contribution is 6.31. The number of aliphatic hydroxyl groups is 1. The van der Waals surface area contributed by atoms with Crippen LogP contribution in [0.2, 0.25) is 5.02 Å². The molecule has 0 aliphatic carbocycles. The van der Waals surface area contributed by atoms with Gasteiger partial charge in [0.25, 0.3) is 0 Å². The summed E-state index contributed by atoms with van der Waals surface area (Å²) in [7, 11) is 0. The largest absolute Gasteiger partial charge is 0.417 e. The molecular weight excluding hydrogens is 303 g/mol. The molecule has 0 amide bonds. The van der Waals surface area contributed by atoms with Crippen molar-refractivity contribution in [2.24, 2.45) is 0 Å². The Balaban J connectivity index is 2.17. The highest BCUT2D eigenvalue weighted by atomic mass is 35.5. The van der Waals surface area contributed by atoms with E-state index in [1.165, 1.54) is 12.1 Å². The summed E-state index contributed by atoms with van der Waals surface area (Å²) in [6, 6.07) is 10.9. The van der Waals surface area contributed by atoms with E-state index >= 15 is 0 Å². The molecule has 0 spiro atoms. The number of anilines is 1. The molecule has 6 heteroatoms. The van der Waals surface area contributed by atoms with E-state index in [1.54, 1.807) is 24.3 Å². The molecule has 2 aromatic rings. The molecule has 2 N–H and O–H groups in total. The molecule has 0 fully saturated rings. The van der Waals surface area contributed by atoms with Gasteiger partial charge in [0, 0.05) is 17.8 Å². The summed E-state index contributed by atoms with van der Waals surface area (Å²) in [5.74, 6) is 0. The monoisotopic (exact) mass is 315 g/mol. The van der Waals surface area contributed by atoms with Crippen LogP contribution >= 0.6 is 11.6 Å². The molecule has 0 saturated heterocycles. The standard InChI is InChI=1S/C15H13ClF3NO/c16-13-6-5-10(7-12(13)15(17,18)19)8-20-14-4-2-1-3-11(14)9-21/h1-7,20-21H,8-9H2. The maximum absolute atomic E-state index is 12.8. The summed E-state index contributed by atoms with van der Waals surface area (Å²) in [4.78, 5) is 0. The zero-order valence-corrected chi connectivity index (χ0v) is 11.7. The predicted octanol–water partition coefficient (Wildman–Crippen LogP) is 4.46. The molecular formula is C15H13ClF3NO. The normalized spacial score (nSPS) is 11.5. The van der Waals surface area contributed by atoms with Gasteiger partial charge in [0.05, 0.1) is 17.2 Å². The van der Waals surface area contributed by atoms with Gasteiger partial charge in [-0.05, 0) is 23.8 Å². The van der Waals surface area contributed by atoms with E-state index < -0.39 is 11.7 Å². The lowest BCUT2D eigenvalue weighted by Crippen LogP contribution is -2.08. The predicted molar refractivity (Wildman–Crippen MR) is 76.1 cm³/mol. The molecule has 0 bridgehead atoms. The number of alkyl halides is 3. The summed E-state index contributed by atoms with van der Waals surface area (Å²) in [5, 5.41) is 11.9. The molecule has 0 unspecified atom stereocenters. The van der Waals surface area contributed by atoms with Crippen LogP contribution in [0.1, 0.15) is 16.7 Å². The number of nitrogens with one attached hydrogen (secondary N) is 1. The van der Waals surface area contributed by atoms with Gasteiger partial charge < -0.3 is 10.4 Å². The van der Waals surface area contributed by atoms with Crippen LogP contribution in [0, 0.1) is 0 Å². The number of halogens is 4. The van der Waals surface area contributed by atoms with Crippen molar-refractivity contribution < 1.29 is 18.3 Å². The Morgan fingerprint density at radius 3 is 2.48 bits per heavy atom. The lowest BCUT2D eigenvalue weighted by atomic mass is 10.1. The lowest BCUT2D eigenvalue weighted by Gasteiger charge is -2.13. The van der Waals surface area contributed by atoms with Crippen LogP contribution in [0.15, 0.2) is 42.5 Å². The summed E-state index contributed by atoms with van der Waals surface area (Å²) in [6.45, 7) is 0.0643. The summed E-state index contributed by atoms with van der Waals surface area (Å²) < 4.78 is 38.3. The van der Waals surface area contributed by atoms with Crippen molar-refractivity contribution in [1.29, 1.82) is 0 Å². The Hall–Kier alpha value is -1.72. The van der Waals surface area contributed by atoms with E-state index in [9.17, 15) is 18.3 Å². The fraction of sp³-hybridized carbons (Fsp3) is 0.200. The summed E-state index contributed by atoms with van der Waals surface area (Å²) >= 11 is 5.57. The average Bonchev–Trinajstić information content (AvgIpc) is 2.45. The van der Waals surface area contributed by atoms with Crippen LogP contribution in [-0.2, 0) is 19.3 Å². The Labute approximate surface area is 125 Å². The Morgan fingerprint density at radius 1 is 1.10 bits per heavy atom. The summed E-state index contributed by atoms with van der Waals surface area (Å²) in [6.07, 6.45) is -4.48. The Bertz CT molecular complexity index is 629. The maximum Gasteiger partial charge on any atom is 0.417 e. The molecule has 2 nitrogen and oxygen atoms in total. The van der Waals surface area contributed by atoms with Gasteiger partial charge in [-0.3, -0.25) is 0 Å². The van der Waals surface area contributed by atoms with Gasteiger partial charge >= 0.3 is 6.18 Å². The number of aliphatic hydroxyl groups excluding tert-OH is 1. The van der Waals surface area contributed by atoms with E-state index in [1.807, 2.05) is 0 Å². The first kappa shape index (κ1) is 15.7. The first-order valence-electron chi connectivity index (χ1n) is 6.20. The van der Waals surface area contributed by atoms with E-state index in [-0.39, 0.29) is 18.2 Å². The fourth-order valence-electron chi connectivity index (χ4n) is 1.93. The minimum absolute atomic E-state index is 0.141. The van der Waals surface area contributed by atoms with Crippen molar-refractivity contribution >= 4 is 17.3 Å². The summed E-state index contributed by atoms with van der Waals surface area (Å²) in [5.41, 5.74) is 0.976. The maximum atomic E-state index is 12.8. The SMILES string of the molecule is OCc1ccccc1NCc1ccc(Cl)c(C(F)(F)F)c1. The second kappa shape index (κ2) is 6.37. The molecule has 0 radical (unpaired) electrons. The smallest absolute Gasteiger partial charge is 0.392 e. The number of rotatable bonds is 4. The van der Waals surface area contributed by atoms with Crippen LogP contribution in [0.3, 0.4) is 0 Å². The first-order valence-corrected chi connectivity index (χ1v) is 6.58. The third kappa shape index (κ3) is 3.89. The highest BCUT2D eigenvalue weighted by Gasteiger charge is 2.33. The number of para-hydroxylation sites is 1. The molecule has 0 atom stereocenters. The Kier molecular flexibility index (Phi) is 4.75. The van der Waals surface area contributed by atoms with Gasteiger partial charge in [-0.25, -0.2) is 0 Å². The van der Waals surface area contributed by atoms with Crippen molar-refractivity contribution in [2.75, 3.05) is 5.32 Å². The third-order valence-electron chi connectivity index (χ3n) is 3.01. The van der Waals surface area contributed by atoms with Crippen molar-refractivity contribution in [3.63, 3.8) is 0 Å². The van der Waals surface area contributed by atoms with Gasteiger partial charge in [0.2, 0.25) is 0 Å². The third-order valence-corrected chi connectivity index (χ3v) is 3.34. The molecule has 0 aliphatic heterocycles. The molecule has 2 aromatic carbocycles. The molecule has 0 heterocycles. The van der Waals surface area contributed by atoms with Crippen LogP contribution in [0.25, 0.3) is 0 Å². The molecule has 2 rings (SSSR count). The first-order chi connectivity index (χ1) is 9.91. The van der Waals surface area contributed by atoms with Crippen molar-refractivity contribution in [1.82, 2.24) is 0 Å². The minimum atomic E-state index is -4.48. The molecule has 0 aliphatic rings. The molecule has 0 saturated carbocycles.